The van der Waals surface area contributed by atoms with E-state index >= 15 is 0 Å². The lowest BCUT2D eigenvalue weighted by Crippen LogP contribution is -2.25. The highest BCUT2D eigenvalue weighted by molar-refractivity contribution is 9.10. The number of nitrogens with two attached hydrogens (primary N) is 1. The average molecular weight is 322 g/mol. The van der Waals surface area contributed by atoms with E-state index in [2.05, 4.69) is 15.9 Å². The summed E-state index contributed by atoms with van der Waals surface area (Å²) in [4.78, 5) is 0. The first-order valence-electron chi connectivity index (χ1n) is 5.89. The number of aliphatic hydroxyl groups is 1. The van der Waals surface area contributed by atoms with Gasteiger partial charge in [-0.1, -0.05) is 29.8 Å². The van der Waals surface area contributed by atoms with Crippen molar-refractivity contribution in [1.29, 1.82) is 0 Å². The van der Waals surface area contributed by atoms with Crippen molar-refractivity contribution >= 4 is 15.9 Å². The summed E-state index contributed by atoms with van der Waals surface area (Å²) in [6, 6.07) is 2.29. The Bertz CT molecular complexity index is 389. The molecule has 0 aliphatic rings. The molecule has 3 N–H and O–H groups in total. The van der Waals surface area contributed by atoms with Gasteiger partial charge in [0, 0.05) is 10.4 Å². The molecule has 2 unspecified atom stereocenters. The van der Waals surface area contributed by atoms with Crippen molar-refractivity contribution in [2.75, 3.05) is 6.54 Å². The van der Waals surface area contributed by atoms with Crippen LogP contribution in [0.5, 0.6) is 0 Å². The number of hydrogen-bond acceptors (Lipinski definition) is 2. The molecule has 0 saturated heterocycles. The maximum atomic E-state index is 13.7. The van der Waals surface area contributed by atoms with Crippen LogP contribution in [0, 0.1) is 23.5 Å². The van der Waals surface area contributed by atoms with Gasteiger partial charge in [0.05, 0.1) is 11.7 Å². The standard InChI is InChI=1S/C13H18BrF2NO/c1-7(2)3-8(6-17)13(18)12-10(15)4-9(14)5-11(12)16/h4-5,7-8,13,18H,3,6,17H2,1-2H3. The quantitative estimate of drug-likeness (QED) is 0.873. The predicted molar refractivity (Wildman–Crippen MR) is 71.0 cm³/mol. The van der Waals surface area contributed by atoms with E-state index < -0.39 is 17.7 Å². The Labute approximate surface area is 114 Å². The molecule has 2 nitrogen and oxygen atoms in total. The summed E-state index contributed by atoms with van der Waals surface area (Å²) in [7, 11) is 0. The molecular weight excluding hydrogens is 304 g/mol. The number of benzene rings is 1. The Hall–Kier alpha value is -0.520. The minimum absolute atomic E-state index is 0.189. The molecule has 1 aromatic rings. The van der Waals surface area contributed by atoms with Gasteiger partial charge in [0.25, 0.3) is 0 Å². The van der Waals surface area contributed by atoms with Crippen LogP contribution >= 0.6 is 15.9 Å². The summed E-state index contributed by atoms with van der Waals surface area (Å²) in [5.41, 5.74) is 5.28. The molecule has 0 aliphatic carbocycles. The molecule has 0 fully saturated rings. The lowest BCUT2D eigenvalue weighted by atomic mass is 9.88. The summed E-state index contributed by atoms with van der Waals surface area (Å²) in [5, 5.41) is 10.1. The minimum Gasteiger partial charge on any atom is -0.388 e. The second kappa shape index (κ2) is 6.59. The Balaban J connectivity index is 3.05. The van der Waals surface area contributed by atoms with Gasteiger partial charge < -0.3 is 10.8 Å². The second-order valence-corrected chi connectivity index (χ2v) is 5.77. The van der Waals surface area contributed by atoms with E-state index in [1.54, 1.807) is 0 Å². The van der Waals surface area contributed by atoms with Gasteiger partial charge >= 0.3 is 0 Å². The first-order chi connectivity index (χ1) is 8.36. The zero-order chi connectivity index (χ0) is 13.9. The number of hydrogen-bond donors (Lipinski definition) is 2. The molecule has 18 heavy (non-hydrogen) atoms. The Morgan fingerprint density at radius 3 is 2.17 bits per heavy atom. The van der Waals surface area contributed by atoms with Crippen molar-refractivity contribution < 1.29 is 13.9 Å². The largest absolute Gasteiger partial charge is 0.388 e. The van der Waals surface area contributed by atoms with Gasteiger partial charge in [-0.05, 0) is 31.0 Å². The van der Waals surface area contributed by atoms with Gasteiger partial charge in [-0.3, -0.25) is 0 Å². The maximum absolute atomic E-state index is 13.7. The van der Waals surface area contributed by atoms with Crippen molar-refractivity contribution in [1.82, 2.24) is 0 Å². The van der Waals surface area contributed by atoms with E-state index in [-0.39, 0.29) is 18.0 Å². The van der Waals surface area contributed by atoms with Gasteiger partial charge in [0.1, 0.15) is 11.6 Å². The van der Waals surface area contributed by atoms with E-state index in [0.29, 0.717) is 16.8 Å². The van der Waals surface area contributed by atoms with Crippen LogP contribution in [0.15, 0.2) is 16.6 Å². The van der Waals surface area contributed by atoms with Crippen molar-refractivity contribution in [2.24, 2.45) is 17.6 Å². The summed E-state index contributed by atoms with van der Waals surface area (Å²) in [6.45, 7) is 4.14. The second-order valence-electron chi connectivity index (χ2n) is 4.85. The summed E-state index contributed by atoms with van der Waals surface area (Å²) in [5.74, 6) is -1.56. The fourth-order valence-electron chi connectivity index (χ4n) is 2.03. The van der Waals surface area contributed by atoms with Crippen molar-refractivity contribution in [3.63, 3.8) is 0 Å². The molecule has 0 aliphatic heterocycles. The summed E-state index contributed by atoms with van der Waals surface area (Å²) < 4.78 is 27.8. The van der Waals surface area contributed by atoms with Crippen LogP contribution < -0.4 is 5.73 Å². The third-order valence-corrected chi connectivity index (χ3v) is 3.32. The highest BCUT2D eigenvalue weighted by atomic mass is 79.9. The SMILES string of the molecule is CC(C)CC(CN)C(O)c1c(F)cc(Br)cc1F. The fraction of sp³-hybridized carbons (Fsp3) is 0.538. The number of rotatable bonds is 5. The number of halogens is 3. The molecule has 0 bridgehead atoms. The molecule has 5 heteroatoms. The van der Waals surface area contributed by atoms with Crippen molar-refractivity contribution in [2.45, 2.75) is 26.4 Å². The van der Waals surface area contributed by atoms with Crippen molar-refractivity contribution in [3.05, 3.63) is 33.8 Å². The average Bonchev–Trinajstić information content (AvgIpc) is 2.23. The third kappa shape index (κ3) is 3.73. The first-order valence-corrected chi connectivity index (χ1v) is 6.68. The van der Waals surface area contributed by atoms with E-state index in [9.17, 15) is 13.9 Å². The van der Waals surface area contributed by atoms with Crippen LogP contribution in [0.4, 0.5) is 8.78 Å². The van der Waals surface area contributed by atoms with Gasteiger partial charge in [-0.2, -0.15) is 0 Å². The molecule has 0 radical (unpaired) electrons. The smallest absolute Gasteiger partial charge is 0.133 e. The van der Waals surface area contributed by atoms with Crippen molar-refractivity contribution in [3.8, 4) is 0 Å². The number of aliphatic hydroxyl groups excluding tert-OH is 1. The third-order valence-electron chi connectivity index (χ3n) is 2.86. The Kier molecular flexibility index (Phi) is 5.69. The molecular formula is C13H18BrF2NO. The van der Waals surface area contributed by atoms with Gasteiger partial charge in [-0.25, -0.2) is 8.78 Å². The van der Waals surface area contributed by atoms with E-state index in [1.807, 2.05) is 13.8 Å². The van der Waals surface area contributed by atoms with Crippen LogP contribution in [0.2, 0.25) is 0 Å². The van der Waals surface area contributed by atoms with Crippen LogP contribution in [0.25, 0.3) is 0 Å². The molecule has 0 aromatic heterocycles. The molecule has 0 heterocycles. The van der Waals surface area contributed by atoms with Gasteiger partial charge in [0.2, 0.25) is 0 Å². The molecule has 1 aromatic carbocycles. The predicted octanol–water partition coefficient (Wildman–Crippen LogP) is 3.38. The van der Waals surface area contributed by atoms with Crippen LogP contribution in [0.1, 0.15) is 31.9 Å². The lowest BCUT2D eigenvalue weighted by Gasteiger charge is -2.24. The monoisotopic (exact) mass is 321 g/mol. The topological polar surface area (TPSA) is 46.2 Å². The molecule has 1 rings (SSSR count). The summed E-state index contributed by atoms with van der Waals surface area (Å²) >= 11 is 3.00. The van der Waals surface area contributed by atoms with E-state index in [4.69, 9.17) is 5.73 Å². The van der Waals surface area contributed by atoms with Crippen LogP contribution in [0.3, 0.4) is 0 Å². The molecule has 0 saturated carbocycles. The Morgan fingerprint density at radius 1 is 1.28 bits per heavy atom. The maximum Gasteiger partial charge on any atom is 0.133 e. The highest BCUT2D eigenvalue weighted by Gasteiger charge is 2.26. The van der Waals surface area contributed by atoms with Crippen LogP contribution in [-0.4, -0.2) is 11.7 Å². The highest BCUT2D eigenvalue weighted by Crippen LogP contribution is 2.31. The first kappa shape index (κ1) is 15.5. The zero-order valence-electron chi connectivity index (χ0n) is 10.5. The molecule has 2 atom stereocenters. The fourth-order valence-corrected chi connectivity index (χ4v) is 2.43. The molecule has 102 valence electrons. The Morgan fingerprint density at radius 2 is 1.78 bits per heavy atom. The van der Waals surface area contributed by atoms with E-state index in [1.165, 1.54) is 0 Å². The molecule has 0 spiro atoms. The lowest BCUT2D eigenvalue weighted by molar-refractivity contribution is 0.0922. The normalized spacial score (nSPS) is 14.9. The van der Waals surface area contributed by atoms with Gasteiger partial charge in [-0.15, -0.1) is 0 Å². The van der Waals surface area contributed by atoms with E-state index in [0.717, 1.165) is 12.1 Å². The van der Waals surface area contributed by atoms with Gasteiger partial charge in [0.15, 0.2) is 0 Å². The summed E-state index contributed by atoms with van der Waals surface area (Å²) in [6.07, 6.45) is -0.599. The minimum atomic E-state index is -1.22. The van der Waals surface area contributed by atoms with Crippen LogP contribution in [-0.2, 0) is 0 Å². The zero-order valence-corrected chi connectivity index (χ0v) is 12.0. The molecule has 0 amide bonds.